The molecular formula is C21H24Cl2O4. The van der Waals surface area contributed by atoms with E-state index in [1.165, 1.54) is 0 Å². The van der Waals surface area contributed by atoms with Crippen LogP contribution in [0.3, 0.4) is 0 Å². The number of phenolic OH excluding ortho intramolecular Hbond substituents is 2. The predicted octanol–water partition coefficient (Wildman–Crippen LogP) is 7.16. The molecule has 1 heterocycles. The molecule has 0 aliphatic carbocycles. The summed E-state index contributed by atoms with van der Waals surface area (Å²) in [6, 6.07) is 1.64. The quantitative estimate of drug-likeness (QED) is 0.423. The molecule has 0 bridgehead atoms. The minimum atomic E-state index is -0.139. The Morgan fingerprint density at radius 2 is 1.22 bits per heavy atom. The highest BCUT2D eigenvalue weighted by Crippen LogP contribution is 2.57. The lowest BCUT2D eigenvalue weighted by molar-refractivity contribution is 0.332. The maximum atomic E-state index is 10.6. The van der Waals surface area contributed by atoms with E-state index in [-0.39, 0.29) is 11.5 Å². The molecule has 2 aromatic carbocycles. The van der Waals surface area contributed by atoms with Crippen molar-refractivity contribution in [2.24, 2.45) is 0 Å². The van der Waals surface area contributed by atoms with Crippen LogP contribution in [0.1, 0.15) is 56.7 Å². The number of benzene rings is 2. The van der Waals surface area contributed by atoms with Crippen LogP contribution in [-0.2, 0) is 19.3 Å². The van der Waals surface area contributed by atoms with Crippen LogP contribution in [0.15, 0.2) is 6.07 Å². The molecule has 27 heavy (non-hydrogen) atoms. The van der Waals surface area contributed by atoms with Gasteiger partial charge in [0.25, 0.3) is 0 Å². The third-order valence-corrected chi connectivity index (χ3v) is 5.52. The van der Waals surface area contributed by atoms with Gasteiger partial charge >= 0.3 is 0 Å². The molecule has 2 aromatic rings. The summed E-state index contributed by atoms with van der Waals surface area (Å²) >= 11 is 12.7. The molecule has 6 heteroatoms. The molecule has 1 aliphatic rings. The largest absolute Gasteiger partial charge is 0.504 e. The minimum Gasteiger partial charge on any atom is -0.504 e. The Morgan fingerprint density at radius 1 is 0.741 bits per heavy atom. The number of aromatic hydroxyl groups is 2. The molecule has 146 valence electrons. The monoisotopic (exact) mass is 410 g/mol. The number of hydrogen-bond acceptors (Lipinski definition) is 4. The Bertz CT molecular complexity index is 878. The summed E-state index contributed by atoms with van der Waals surface area (Å²) < 4.78 is 12.4. The number of rotatable bonds is 6. The van der Waals surface area contributed by atoms with Crippen LogP contribution in [0.5, 0.6) is 34.5 Å². The average molecular weight is 411 g/mol. The Kier molecular flexibility index (Phi) is 5.97. The van der Waals surface area contributed by atoms with Crippen LogP contribution >= 0.6 is 23.2 Å². The highest BCUT2D eigenvalue weighted by atomic mass is 35.5. The van der Waals surface area contributed by atoms with Crippen LogP contribution < -0.4 is 9.47 Å². The lowest BCUT2D eigenvalue weighted by atomic mass is 9.98. The zero-order valence-corrected chi connectivity index (χ0v) is 17.3. The maximum Gasteiger partial charge on any atom is 0.177 e. The van der Waals surface area contributed by atoms with Gasteiger partial charge in [0.15, 0.2) is 34.5 Å². The highest BCUT2D eigenvalue weighted by molar-refractivity contribution is 6.42. The van der Waals surface area contributed by atoms with E-state index < -0.39 is 0 Å². The summed E-state index contributed by atoms with van der Waals surface area (Å²) in [5, 5.41) is 22.0. The molecule has 2 N–H and O–H groups in total. The van der Waals surface area contributed by atoms with Gasteiger partial charge in [-0.2, -0.15) is 0 Å². The van der Waals surface area contributed by atoms with Crippen LogP contribution in [0.2, 0.25) is 10.0 Å². The number of halogens is 2. The first-order chi connectivity index (χ1) is 12.9. The fraction of sp³-hybridized carbons (Fsp3) is 0.429. The molecule has 3 rings (SSSR count). The summed E-state index contributed by atoms with van der Waals surface area (Å²) in [5.74, 6) is 1.64. The Balaban J connectivity index is 2.25. The zero-order valence-electron chi connectivity index (χ0n) is 15.8. The summed E-state index contributed by atoms with van der Waals surface area (Å²) in [6.45, 7) is 6.04. The van der Waals surface area contributed by atoms with Gasteiger partial charge in [-0.05, 0) is 19.3 Å². The molecule has 0 spiro atoms. The van der Waals surface area contributed by atoms with E-state index in [2.05, 4.69) is 0 Å². The van der Waals surface area contributed by atoms with Crippen molar-refractivity contribution in [3.05, 3.63) is 32.8 Å². The van der Waals surface area contributed by atoms with Gasteiger partial charge in [0.05, 0.1) is 10.0 Å². The van der Waals surface area contributed by atoms with Gasteiger partial charge in [-0.25, -0.2) is 0 Å². The van der Waals surface area contributed by atoms with Gasteiger partial charge in [0.2, 0.25) is 0 Å². The Morgan fingerprint density at radius 3 is 1.74 bits per heavy atom. The fourth-order valence-electron chi connectivity index (χ4n) is 3.46. The first kappa shape index (κ1) is 20.0. The van der Waals surface area contributed by atoms with Crippen molar-refractivity contribution in [3.63, 3.8) is 0 Å². The third kappa shape index (κ3) is 3.41. The van der Waals surface area contributed by atoms with Crippen molar-refractivity contribution in [2.75, 3.05) is 0 Å². The molecule has 0 saturated heterocycles. The van der Waals surface area contributed by atoms with Gasteiger partial charge in [-0.1, -0.05) is 63.2 Å². The van der Waals surface area contributed by atoms with Gasteiger partial charge in [0.1, 0.15) is 0 Å². The normalized spacial score (nSPS) is 12.2. The molecule has 0 saturated carbocycles. The Labute approximate surface area is 169 Å². The molecule has 4 nitrogen and oxygen atoms in total. The topological polar surface area (TPSA) is 58.9 Å². The smallest absolute Gasteiger partial charge is 0.177 e. The second-order valence-electron chi connectivity index (χ2n) is 6.74. The number of ether oxygens (including phenoxy) is 2. The standard InChI is InChI=1S/C21H24Cl2O4/c1-4-7-11-16(23)14(22)10-15-19(11)27-21-13(9-6-3)18(25)17(24)12(8-5-2)20(21)26-15/h10,24-25H,4-9H2,1-3H3. The van der Waals surface area contributed by atoms with Crippen molar-refractivity contribution in [1.29, 1.82) is 0 Å². The summed E-state index contributed by atoms with van der Waals surface area (Å²) in [4.78, 5) is 0. The molecule has 0 unspecified atom stereocenters. The van der Waals surface area contributed by atoms with Crippen molar-refractivity contribution in [1.82, 2.24) is 0 Å². The Hall–Kier alpha value is -1.78. The minimum absolute atomic E-state index is 0.136. The molecule has 1 aliphatic heterocycles. The van der Waals surface area contributed by atoms with Crippen molar-refractivity contribution < 1.29 is 19.7 Å². The lowest BCUT2D eigenvalue weighted by Gasteiger charge is -2.28. The SMILES string of the molecule is CCCc1c(Cl)c(Cl)cc2c1Oc1c(CCC)c(O)c(O)c(CCC)c1O2. The fourth-order valence-corrected chi connectivity index (χ4v) is 3.91. The van der Waals surface area contributed by atoms with E-state index in [0.717, 1.165) is 24.8 Å². The molecule has 0 atom stereocenters. The average Bonchev–Trinajstić information content (AvgIpc) is 2.65. The molecule has 0 radical (unpaired) electrons. The van der Waals surface area contributed by atoms with E-state index in [1.54, 1.807) is 6.07 Å². The van der Waals surface area contributed by atoms with Crippen molar-refractivity contribution in [3.8, 4) is 34.5 Å². The van der Waals surface area contributed by atoms with Gasteiger partial charge in [-0.3, -0.25) is 0 Å². The van der Waals surface area contributed by atoms with Gasteiger partial charge in [0, 0.05) is 22.8 Å². The zero-order chi connectivity index (χ0) is 19.7. The first-order valence-corrected chi connectivity index (χ1v) is 10.2. The molecule has 0 amide bonds. The van der Waals surface area contributed by atoms with E-state index in [9.17, 15) is 10.2 Å². The predicted molar refractivity (Wildman–Crippen MR) is 108 cm³/mol. The van der Waals surface area contributed by atoms with Gasteiger partial charge < -0.3 is 19.7 Å². The first-order valence-electron chi connectivity index (χ1n) is 9.40. The maximum absolute atomic E-state index is 10.6. The van der Waals surface area contributed by atoms with Crippen LogP contribution in [-0.4, -0.2) is 10.2 Å². The molecular weight excluding hydrogens is 387 g/mol. The van der Waals surface area contributed by atoms with Crippen LogP contribution in [0.4, 0.5) is 0 Å². The van der Waals surface area contributed by atoms with E-state index in [0.29, 0.717) is 63.4 Å². The summed E-state index contributed by atoms with van der Waals surface area (Å²) in [7, 11) is 0. The molecule has 0 aromatic heterocycles. The lowest BCUT2D eigenvalue weighted by Crippen LogP contribution is -2.08. The second kappa shape index (κ2) is 8.07. The third-order valence-electron chi connectivity index (χ3n) is 4.70. The number of phenols is 2. The number of hydrogen-bond donors (Lipinski definition) is 2. The van der Waals surface area contributed by atoms with Crippen LogP contribution in [0.25, 0.3) is 0 Å². The van der Waals surface area contributed by atoms with E-state index >= 15 is 0 Å². The highest BCUT2D eigenvalue weighted by Gasteiger charge is 2.32. The molecule has 0 fully saturated rings. The van der Waals surface area contributed by atoms with E-state index in [4.69, 9.17) is 32.7 Å². The van der Waals surface area contributed by atoms with Crippen molar-refractivity contribution >= 4 is 23.2 Å². The van der Waals surface area contributed by atoms with Gasteiger partial charge in [-0.15, -0.1) is 0 Å². The van der Waals surface area contributed by atoms with Crippen molar-refractivity contribution in [2.45, 2.75) is 59.3 Å². The van der Waals surface area contributed by atoms with Crippen LogP contribution in [0, 0.1) is 0 Å². The summed E-state index contributed by atoms with van der Waals surface area (Å²) in [5.41, 5.74) is 1.88. The second-order valence-corrected chi connectivity index (χ2v) is 7.53. The number of fused-ring (bicyclic) bond motifs is 2. The van der Waals surface area contributed by atoms with E-state index in [1.807, 2.05) is 20.8 Å². The summed E-state index contributed by atoms with van der Waals surface area (Å²) in [6.07, 6.45) is 4.23.